The molecule has 0 unspecified atom stereocenters. The highest BCUT2D eigenvalue weighted by Gasteiger charge is 2.14. The van der Waals surface area contributed by atoms with Crippen LogP contribution < -0.4 is 5.32 Å². The van der Waals surface area contributed by atoms with E-state index in [0.29, 0.717) is 11.4 Å². The molecule has 0 spiro atoms. The minimum absolute atomic E-state index is 0.220. The lowest BCUT2D eigenvalue weighted by Crippen LogP contribution is -2.15. The molecule has 2 heterocycles. The van der Waals surface area contributed by atoms with Crippen molar-refractivity contribution < 1.29 is 4.79 Å². The maximum absolute atomic E-state index is 12.5. The molecule has 0 atom stereocenters. The standard InChI is InChI=1S/C17H13N7O/c25-17(15-10-19-24(22-15)13-6-2-1-3-7-13)21-14-8-4-5-9-16(14)23-12-18-11-20-23/h1-12H,(H,21,25). The number of anilines is 1. The number of carbonyl (C=O) groups excluding carboxylic acids is 1. The van der Waals surface area contributed by atoms with E-state index in [2.05, 4.69) is 25.6 Å². The smallest absolute Gasteiger partial charge is 0.277 e. The first-order valence-corrected chi connectivity index (χ1v) is 7.54. The molecule has 4 aromatic rings. The molecule has 8 heteroatoms. The molecular formula is C17H13N7O. The van der Waals surface area contributed by atoms with E-state index in [1.165, 1.54) is 17.3 Å². The first kappa shape index (κ1) is 14.8. The molecule has 2 aromatic carbocycles. The van der Waals surface area contributed by atoms with E-state index in [0.717, 1.165) is 5.69 Å². The van der Waals surface area contributed by atoms with Crippen LogP contribution in [0.4, 0.5) is 5.69 Å². The fourth-order valence-corrected chi connectivity index (χ4v) is 2.35. The van der Waals surface area contributed by atoms with Crippen molar-refractivity contribution in [2.24, 2.45) is 0 Å². The second-order valence-corrected chi connectivity index (χ2v) is 5.17. The molecule has 122 valence electrons. The highest BCUT2D eigenvalue weighted by Crippen LogP contribution is 2.19. The first-order chi connectivity index (χ1) is 12.3. The Hall–Kier alpha value is -3.81. The summed E-state index contributed by atoms with van der Waals surface area (Å²) in [6.07, 6.45) is 4.43. The van der Waals surface area contributed by atoms with Crippen molar-refractivity contribution in [3.63, 3.8) is 0 Å². The second kappa shape index (κ2) is 6.36. The zero-order valence-electron chi connectivity index (χ0n) is 13.0. The van der Waals surface area contributed by atoms with Gasteiger partial charge < -0.3 is 5.32 Å². The van der Waals surface area contributed by atoms with Crippen molar-refractivity contribution >= 4 is 11.6 Å². The SMILES string of the molecule is O=C(Nc1ccccc1-n1cncn1)c1cnn(-c2ccccc2)n1. The van der Waals surface area contributed by atoms with Gasteiger partial charge in [0.25, 0.3) is 5.91 Å². The van der Waals surface area contributed by atoms with Gasteiger partial charge in [0.1, 0.15) is 12.7 Å². The summed E-state index contributed by atoms with van der Waals surface area (Å²) in [7, 11) is 0. The van der Waals surface area contributed by atoms with Crippen LogP contribution in [0.2, 0.25) is 0 Å². The molecule has 0 bridgehead atoms. The molecule has 4 rings (SSSR count). The Balaban J connectivity index is 1.59. The normalized spacial score (nSPS) is 10.6. The number of nitrogens with one attached hydrogen (secondary N) is 1. The van der Waals surface area contributed by atoms with E-state index in [9.17, 15) is 4.79 Å². The Labute approximate surface area is 142 Å². The molecule has 0 aliphatic heterocycles. The summed E-state index contributed by atoms with van der Waals surface area (Å²) in [5.74, 6) is -0.352. The summed E-state index contributed by atoms with van der Waals surface area (Å²) in [6, 6.07) is 16.7. The Bertz CT molecular complexity index is 993. The molecule has 0 saturated heterocycles. The number of rotatable bonds is 4. The van der Waals surface area contributed by atoms with Crippen LogP contribution in [0.3, 0.4) is 0 Å². The van der Waals surface area contributed by atoms with Crippen LogP contribution in [0.25, 0.3) is 11.4 Å². The van der Waals surface area contributed by atoms with Gasteiger partial charge >= 0.3 is 0 Å². The molecular weight excluding hydrogens is 318 g/mol. The van der Waals surface area contributed by atoms with Crippen LogP contribution in [0, 0.1) is 0 Å². The average Bonchev–Trinajstić information content (AvgIpc) is 3.35. The lowest BCUT2D eigenvalue weighted by molar-refractivity contribution is 0.102. The van der Waals surface area contributed by atoms with Gasteiger partial charge in [-0.2, -0.15) is 15.0 Å². The molecule has 1 amide bonds. The molecule has 0 radical (unpaired) electrons. The van der Waals surface area contributed by atoms with Gasteiger partial charge in [-0.05, 0) is 24.3 Å². The number of carbonyl (C=O) groups is 1. The predicted molar refractivity (Wildman–Crippen MR) is 90.7 cm³/mol. The van der Waals surface area contributed by atoms with Crippen molar-refractivity contribution in [2.75, 3.05) is 5.32 Å². The Morgan fingerprint density at radius 3 is 2.56 bits per heavy atom. The van der Waals surface area contributed by atoms with E-state index in [4.69, 9.17) is 0 Å². The fourth-order valence-electron chi connectivity index (χ4n) is 2.35. The number of para-hydroxylation sites is 3. The van der Waals surface area contributed by atoms with Gasteiger partial charge in [-0.1, -0.05) is 30.3 Å². The summed E-state index contributed by atoms with van der Waals surface area (Å²) >= 11 is 0. The molecule has 0 fully saturated rings. The van der Waals surface area contributed by atoms with Crippen LogP contribution in [0.1, 0.15) is 10.5 Å². The Morgan fingerprint density at radius 2 is 1.76 bits per heavy atom. The van der Waals surface area contributed by atoms with Crippen LogP contribution in [-0.2, 0) is 0 Å². The number of hydrogen-bond acceptors (Lipinski definition) is 5. The van der Waals surface area contributed by atoms with Gasteiger partial charge in [-0.15, -0.1) is 5.10 Å². The molecule has 0 saturated carbocycles. The van der Waals surface area contributed by atoms with Gasteiger partial charge in [-0.25, -0.2) is 9.67 Å². The molecule has 0 aliphatic carbocycles. The lowest BCUT2D eigenvalue weighted by atomic mass is 10.2. The van der Waals surface area contributed by atoms with Gasteiger partial charge in [0, 0.05) is 0 Å². The van der Waals surface area contributed by atoms with E-state index in [1.54, 1.807) is 17.1 Å². The topological polar surface area (TPSA) is 90.5 Å². The van der Waals surface area contributed by atoms with Crippen LogP contribution in [0.15, 0.2) is 73.4 Å². The highest BCUT2D eigenvalue weighted by molar-refractivity contribution is 6.03. The van der Waals surface area contributed by atoms with Gasteiger partial charge in [0.15, 0.2) is 5.69 Å². The minimum Gasteiger partial charge on any atom is -0.319 e. The van der Waals surface area contributed by atoms with Gasteiger partial charge in [0.2, 0.25) is 0 Å². The summed E-state index contributed by atoms with van der Waals surface area (Å²) in [5.41, 5.74) is 2.32. The quantitative estimate of drug-likeness (QED) is 0.618. The van der Waals surface area contributed by atoms with Crippen molar-refractivity contribution in [2.45, 2.75) is 0 Å². The molecule has 1 N–H and O–H groups in total. The molecule has 2 aromatic heterocycles. The lowest BCUT2D eigenvalue weighted by Gasteiger charge is -2.09. The first-order valence-electron chi connectivity index (χ1n) is 7.54. The van der Waals surface area contributed by atoms with Gasteiger partial charge in [0.05, 0.1) is 23.3 Å². The fraction of sp³-hybridized carbons (Fsp3) is 0. The van der Waals surface area contributed by atoms with Gasteiger partial charge in [-0.3, -0.25) is 4.79 Å². The summed E-state index contributed by atoms with van der Waals surface area (Å²) < 4.78 is 1.58. The van der Waals surface area contributed by atoms with Crippen molar-refractivity contribution in [3.8, 4) is 11.4 Å². The Morgan fingerprint density at radius 1 is 0.960 bits per heavy atom. The average molecular weight is 331 g/mol. The van der Waals surface area contributed by atoms with E-state index in [1.807, 2.05) is 48.5 Å². The number of aromatic nitrogens is 6. The monoisotopic (exact) mass is 331 g/mol. The third-order valence-electron chi connectivity index (χ3n) is 3.53. The van der Waals surface area contributed by atoms with E-state index >= 15 is 0 Å². The second-order valence-electron chi connectivity index (χ2n) is 5.17. The van der Waals surface area contributed by atoms with Crippen LogP contribution >= 0.6 is 0 Å². The number of amides is 1. The predicted octanol–water partition coefficient (Wildman–Crippen LogP) is 2.10. The molecule has 25 heavy (non-hydrogen) atoms. The number of benzene rings is 2. The van der Waals surface area contributed by atoms with Crippen molar-refractivity contribution in [3.05, 3.63) is 79.1 Å². The number of hydrogen-bond donors (Lipinski definition) is 1. The third kappa shape index (κ3) is 3.00. The maximum Gasteiger partial charge on any atom is 0.277 e. The van der Waals surface area contributed by atoms with E-state index in [-0.39, 0.29) is 11.6 Å². The zero-order chi connectivity index (χ0) is 17.1. The minimum atomic E-state index is -0.352. The van der Waals surface area contributed by atoms with Crippen LogP contribution in [0.5, 0.6) is 0 Å². The highest BCUT2D eigenvalue weighted by atomic mass is 16.2. The van der Waals surface area contributed by atoms with Crippen molar-refractivity contribution in [1.29, 1.82) is 0 Å². The summed E-state index contributed by atoms with van der Waals surface area (Å²) in [5, 5.41) is 15.3. The zero-order valence-corrected chi connectivity index (χ0v) is 13.0. The molecule has 8 nitrogen and oxygen atoms in total. The summed E-state index contributed by atoms with van der Waals surface area (Å²) in [4.78, 5) is 17.9. The molecule has 0 aliphatic rings. The summed E-state index contributed by atoms with van der Waals surface area (Å²) in [6.45, 7) is 0. The van der Waals surface area contributed by atoms with E-state index < -0.39 is 0 Å². The largest absolute Gasteiger partial charge is 0.319 e. The Kier molecular flexibility index (Phi) is 3.76. The van der Waals surface area contributed by atoms with Crippen LogP contribution in [-0.4, -0.2) is 35.7 Å². The number of nitrogens with zero attached hydrogens (tertiary/aromatic N) is 6. The maximum atomic E-state index is 12.5. The third-order valence-corrected chi connectivity index (χ3v) is 3.53. The van der Waals surface area contributed by atoms with Crippen molar-refractivity contribution in [1.82, 2.24) is 29.8 Å².